The third-order valence-corrected chi connectivity index (χ3v) is 7.05. The van der Waals surface area contributed by atoms with Gasteiger partial charge in [0, 0.05) is 12.4 Å². The molecule has 0 radical (unpaired) electrons. The predicted molar refractivity (Wildman–Crippen MR) is 123 cm³/mol. The van der Waals surface area contributed by atoms with Gasteiger partial charge < -0.3 is 4.74 Å². The zero-order chi connectivity index (χ0) is 23.3. The van der Waals surface area contributed by atoms with E-state index < -0.39 is 20.0 Å². The van der Waals surface area contributed by atoms with Crippen molar-refractivity contribution >= 4 is 31.7 Å². The number of hydrogen-bond acceptors (Lipinski definition) is 7. The molecule has 0 spiro atoms. The highest BCUT2D eigenvalue weighted by molar-refractivity contribution is 7.93. The number of rotatable bonds is 8. The number of hydrogen-bond donors (Lipinski definition) is 2. The van der Waals surface area contributed by atoms with Crippen LogP contribution >= 0.6 is 0 Å². The second-order valence-electron chi connectivity index (χ2n) is 6.69. The van der Waals surface area contributed by atoms with Crippen molar-refractivity contribution in [3.05, 3.63) is 97.3 Å². The normalized spacial score (nSPS) is 11.5. The molecule has 2 N–H and O–H groups in total. The van der Waals surface area contributed by atoms with Gasteiger partial charge in [0.05, 0.1) is 9.79 Å². The molecule has 4 rings (SSSR count). The lowest BCUT2D eigenvalue weighted by molar-refractivity contribution is 0.481. The molecule has 0 saturated heterocycles. The fourth-order valence-corrected chi connectivity index (χ4v) is 4.77. The highest BCUT2D eigenvalue weighted by Gasteiger charge is 2.16. The number of nitrogens with one attached hydrogen (secondary N) is 2. The van der Waals surface area contributed by atoms with Crippen LogP contribution < -0.4 is 14.2 Å². The zero-order valence-electron chi connectivity index (χ0n) is 17.0. The summed E-state index contributed by atoms with van der Waals surface area (Å²) in [6.07, 6.45) is 2.97. The van der Waals surface area contributed by atoms with Crippen molar-refractivity contribution in [1.82, 2.24) is 9.97 Å². The molecule has 2 aromatic heterocycles. The van der Waals surface area contributed by atoms with E-state index in [0.717, 1.165) is 0 Å². The molecular weight excluding hydrogens is 464 g/mol. The molecule has 2 aromatic carbocycles. The molecule has 0 bridgehead atoms. The minimum absolute atomic E-state index is 0.0440. The van der Waals surface area contributed by atoms with E-state index in [1.165, 1.54) is 60.9 Å². The van der Waals surface area contributed by atoms with Gasteiger partial charge in [0.25, 0.3) is 20.0 Å². The number of benzene rings is 2. The Bertz CT molecular complexity index is 1320. The van der Waals surface area contributed by atoms with Crippen LogP contribution in [0, 0.1) is 0 Å². The second-order valence-corrected chi connectivity index (χ2v) is 10.1. The Kier molecular flexibility index (Phi) is 6.24. The summed E-state index contributed by atoms with van der Waals surface area (Å²) in [4.78, 5) is 7.98. The number of sulfonamides is 2. The van der Waals surface area contributed by atoms with E-state index in [4.69, 9.17) is 4.74 Å². The second kappa shape index (κ2) is 9.27. The number of aromatic nitrogens is 2. The van der Waals surface area contributed by atoms with Gasteiger partial charge in [-0.1, -0.05) is 12.1 Å². The summed E-state index contributed by atoms with van der Waals surface area (Å²) in [5, 5.41) is 0. The molecule has 0 atom stereocenters. The van der Waals surface area contributed by atoms with Gasteiger partial charge in [-0.25, -0.2) is 26.8 Å². The lowest BCUT2D eigenvalue weighted by atomic mass is 10.3. The standard InChI is InChI=1S/C22H18N4O5S2/c27-32(28,25-21-5-1-3-15-23-21)19-11-7-17(8-12-19)31-18-9-13-20(14-10-18)33(29,30)26-22-6-2-4-16-24-22/h1-16H,(H,23,25)(H,24,26). The van der Waals surface area contributed by atoms with Crippen molar-refractivity contribution in [2.24, 2.45) is 0 Å². The first kappa shape index (κ1) is 22.2. The molecule has 168 valence electrons. The summed E-state index contributed by atoms with van der Waals surface area (Å²) in [5.74, 6) is 1.19. The topological polar surface area (TPSA) is 127 Å². The zero-order valence-corrected chi connectivity index (χ0v) is 18.6. The molecule has 0 saturated carbocycles. The average molecular weight is 483 g/mol. The fraction of sp³-hybridized carbons (Fsp3) is 0. The SMILES string of the molecule is O=S(=O)(Nc1ccccn1)c1ccc(Oc2ccc(S(=O)(=O)Nc3ccccn3)cc2)cc1. The smallest absolute Gasteiger partial charge is 0.263 e. The van der Waals surface area contributed by atoms with Gasteiger partial charge >= 0.3 is 0 Å². The first-order valence-corrected chi connectivity index (χ1v) is 12.5. The molecule has 0 fully saturated rings. The van der Waals surface area contributed by atoms with E-state index in [0.29, 0.717) is 11.5 Å². The monoisotopic (exact) mass is 482 g/mol. The molecule has 0 amide bonds. The Morgan fingerprint density at radius 3 is 1.27 bits per heavy atom. The molecule has 0 aliphatic heterocycles. The number of anilines is 2. The van der Waals surface area contributed by atoms with Crippen LogP contribution in [-0.4, -0.2) is 26.8 Å². The Balaban J connectivity index is 1.43. The van der Waals surface area contributed by atoms with Crippen LogP contribution in [0.4, 0.5) is 11.6 Å². The largest absolute Gasteiger partial charge is 0.457 e. The van der Waals surface area contributed by atoms with Crippen LogP contribution in [0.15, 0.2) is 107 Å². The summed E-state index contributed by atoms with van der Waals surface area (Å²) in [5.41, 5.74) is 0. The van der Waals surface area contributed by atoms with E-state index in [1.807, 2.05) is 0 Å². The van der Waals surface area contributed by atoms with Gasteiger partial charge in [0.1, 0.15) is 23.1 Å². The molecule has 0 aliphatic carbocycles. The highest BCUT2D eigenvalue weighted by Crippen LogP contribution is 2.25. The lowest BCUT2D eigenvalue weighted by Gasteiger charge is -2.10. The summed E-state index contributed by atoms with van der Waals surface area (Å²) in [7, 11) is -7.60. The van der Waals surface area contributed by atoms with Crippen LogP contribution in [-0.2, 0) is 20.0 Å². The molecule has 2 heterocycles. The summed E-state index contributed by atoms with van der Waals surface area (Å²) >= 11 is 0. The van der Waals surface area contributed by atoms with E-state index in [1.54, 1.807) is 36.4 Å². The molecule has 11 heteroatoms. The van der Waals surface area contributed by atoms with E-state index in [9.17, 15) is 16.8 Å². The van der Waals surface area contributed by atoms with Gasteiger partial charge in [-0.05, 0) is 72.8 Å². The van der Waals surface area contributed by atoms with Crippen LogP contribution in [0.25, 0.3) is 0 Å². The van der Waals surface area contributed by atoms with Gasteiger partial charge in [-0.3, -0.25) is 9.44 Å². The van der Waals surface area contributed by atoms with Crippen molar-refractivity contribution in [3.8, 4) is 11.5 Å². The quantitative estimate of drug-likeness (QED) is 0.390. The highest BCUT2D eigenvalue weighted by atomic mass is 32.2. The predicted octanol–water partition coefficient (Wildman–Crippen LogP) is 3.87. The Morgan fingerprint density at radius 1 is 0.545 bits per heavy atom. The van der Waals surface area contributed by atoms with E-state index >= 15 is 0 Å². The maximum Gasteiger partial charge on any atom is 0.263 e. The third-order valence-electron chi connectivity index (χ3n) is 4.31. The third kappa shape index (κ3) is 5.64. The summed E-state index contributed by atoms with van der Waals surface area (Å²) < 4.78 is 60.4. The van der Waals surface area contributed by atoms with Gasteiger partial charge in [-0.15, -0.1) is 0 Å². The van der Waals surface area contributed by atoms with Crippen LogP contribution in [0.2, 0.25) is 0 Å². The van der Waals surface area contributed by atoms with Crippen molar-refractivity contribution in [3.63, 3.8) is 0 Å². The fourth-order valence-electron chi connectivity index (χ4n) is 2.75. The minimum atomic E-state index is -3.80. The minimum Gasteiger partial charge on any atom is -0.457 e. The molecule has 0 aliphatic rings. The first-order valence-electron chi connectivity index (χ1n) is 9.58. The van der Waals surface area contributed by atoms with Crippen molar-refractivity contribution in [2.45, 2.75) is 9.79 Å². The Hall–Kier alpha value is -3.96. The van der Waals surface area contributed by atoms with Gasteiger partial charge in [0.15, 0.2) is 0 Å². The maximum atomic E-state index is 12.5. The van der Waals surface area contributed by atoms with E-state index in [-0.39, 0.29) is 21.4 Å². The lowest BCUT2D eigenvalue weighted by Crippen LogP contribution is -2.13. The Morgan fingerprint density at radius 2 is 0.939 bits per heavy atom. The number of nitrogens with zero attached hydrogens (tertiary/aromatic N) is 2. The Labute approximate surface area is 191 Å². The molecule has 4 aromatic rings. The number of ether oxygens (including phenoxy) is 1. The van der Waals surface area contributed by atoms with Gasteiger partial charge in [0.2, 0.25) is 0 Å². The first-order chi connectivity index (χ1) is 15.8. The van der Waals surface area contributed by atoms with Crippen molar-refractivity contribution < 1.29 is 21.6 Å². The molecule has 0 unspecified atom stereocenters. The molecule has 33 heavy (non-hydrogen) atoms. The van der Waals surface area contributed by atoms with Crippen LogP contribution in [0.1, 0.15) is 0 Å². The summed E-state index contributed by atoms with van der Waals surface area (Å²) in [6.45, 7) is 0. The van der Waals surface area contributed by atoms with Crippen molar-refractivity contribution in [2.75, 3.05) is 9.44 Å². The molecule has 9 nitrogen and oxygen atoms in total. The molecular formula is C22H18N4O5S2. The van der Waals surface area contributed by atoms with Gasteiger partial charge in [-0.2, -0.15) is 0 Å². The van der Waals surface area contributed by atoms with Crippen LogP contribution in [0.3, 0.4) is 0 Å². The average Bonchev–Trinajstić information content (AvgIpc) is 2.81. The maximum absolute atomic E-state index is 12.5. The van der Waals surface area contributed by atoms with Crippen LogP contribution in [0.5, 0.6) is 11.5 Å². The summed E-state index contributed by atoms with van der Waals surface area (Å²) in [6, 6.07) is 21.4. The number of pyridine rings is 2. The van der Waals surface area contributed by atoms with Crippen molar-refractivity contribution in [1.29, 1.82) is 0 Å². The van der Waals surface area contributed by atoms with E-state index in [2.05, 4.69) is 19.4 Å².